The van der Waals surface area contributed by atoms with Crippen LogP contribution < -0.4 is 16.0 Å². The van der Waals surface area contributed by atoms with Gasteiger partial charge in [0.2, 0.25) is 5.91 Å². The van der Waals surface area contributed by atoms with Crippen LogP contribution in [0.3, 0.4) is 0 Å². The number of hydrogen-bond acceptors (Lipinski definition) is 4. The Morgan fingerprint density at radius 2 is 1.46 bits per heavy atom. The molecule has 0 radical (unpaired) electrons. The van der Waals surface area contributed by atoms with Gasteiger partial charge in [-0.05, 0) is 29.2 Å². The monoisotopic (exact) mass is 561 g/mol. The Labute approximate surface area is 230 Å². The molecule has 0 bridgehead atoms. The average molecular weight is 562 g/mol. The van der Waals surface area contributed by atoms with Crippen LogP contribution in [0.4, 0.5) is 13.2 Å². The molecule has 1 fully saturated rings. The number of aliphatic carboxylic acids is 1. The topological polar surface area (TPSA) is 90.5 Å². The summed E-state index contributed by atoms with van der Waals surface area (Å²) in [7, 11) is 0. The molecule has 10 heteroatoms. The third-order valence-electron chi connectivity index (χ3n) is 6.39. The highest BCUT2D eigenvalue weighted by Gasteiger charge is 2.38. The van der Waals surface area contributed by atoms with Crippen molar-refractivity contribution in [2.24, 2.45) is 5.92 Å². The maximum absolute atomic E-state index is 13.0. The molecular weight excluding hydrogens is 531 g/mol. The Hall–Kier alpha value is -3.40. The zero-order valence-electron chi connectivity index (χ0n) is 21.1. The van der Waals surface area contributed by atoms with Gasteiger partial charge >= 0.3 is 12.1 Å². The molecule has 3 aromatic rings. The fourth-order valence-electron chi connectivity index (χ4n) is 4.34. The van der Waals surface area contributed by atoms with Gasteiger partial charge in [0, 0.05) is 43.2 Å². The first kappa shape index (κ1) is 30.1. The summed E-state index contributed by atoms with van der Waals surface area (Å²) >= 11 is 6.27. The number of carbonyl (C=O) groups is 2. The van der Waals surface area contributed by atoms with E-state index >= 15 is 0 Å². The highest BCUT2D eigenvalue weighted by molar-refractivity contribution is 6.31. The molecule has 2 atom stereocenters. The molecule has 0 aromatic heterocycles. The van der Waals surface area contributed by atoms with E-state index in [4.69, 9.17) is 21.5 Å². The molecule has 4 rings (SSSR count). The van der Waals surface area contributed by atoms with Crippen molar-refractivity contribution in [2.75, 3.05) is 19.6 Å². The van der Waals surface area contributed by atoms with E-state index in [1.807, 2.05) is 60.7 Å². The number of piperidine rings is 1. The van der Waals surface area contributed by atoms with Crippen molar-refractivity contribution in [3.8, 4) is 0 Å². The first-order valence-electron chi connectivity index (χ1n) is 12.5. The molecule has 6 nitrogen and oxygen atoms in total. The van der Waals surface area contributed by atoms with Gasteiger partial charge in [0.25, 0.3) is 0 Å². The molecule has 39 heavy (non-hydrogen) atoms. The van der Waals surface area contributed by atoms with E-state index in [9.17, 15) is 18.0 Å². The Kier molecular flexibility index (Phi) is 11.3. The van der Waals surface area contributed by atoms with Crippen LogP contribution in [0.15, 0.2) is 84.9 Å². The number of nitrogens with one attached hydrogen (secondary N) is 3. The zero-order chi connectivity index (χ0) is 28.3. The second-order valence-corrected chi connectivity index (χ2v) is 9.59. The van der Waals surface area contributed by atoms with Crippen LogP contribution in [0.5, 0.6) is 0 Å². The van der Waals surface area contributed by atoms with Crippen molar-refractivity contribution in [1.82, 2.24) is 16.0 Å². The highest BCUT2D eigenvalue weighted by Crippen LogP contribution is 2.24. The van der Waals surface area contributed by atoms with Gasteiger partial charge in [-0.15, -0.1) is 0 Å². The van der Waals surface area contributed by atoms with Crippen molar-refractivity contribution in [3.05, 3.63) is 107 Å². The maximum atomic E-state index is 13.0. The van der Waals surface area contributed by atoms with Gasteiger partial charge in [0.05, 0.1) is 5.92 Å². The van der Waals surface area contributed by atoms with Crippen molar-refractivity contribution in [3.63, 3.8) is 0 Å². The first-order chi connectivity index (χ1) is 18.6. The number of alkyl halides is 3. The van der Waals surface area contributed by atoms with Crippen LogP contribution in [0.25, 0.3) is 0 Å². The lowest BCUT2D eigenvalue weighted by Crippen LogP contribution is -2.51. The Morgan fingerprint density at radius 1 is 0.923 bits per heavy atom. The van der Waals surface area contributed by atoms with Crippen LogP contribution in [0, 0.1) is 5.92 Å². The molecule has 1 heterocycles. The van der Waals surface area contributed by atoms with Gasteiger partial charge < -0.3 is 21.1 Å². The summed E-state index contributed by atoms with van der Waals surface area (Å²) in [6.07, 6.45) is -4.27. The summed E-state index contributed by atoms with van der Waals surface area (Å²) < 4.78 is 31.7. The van der Waals surface area contributed by atoms with E-state index in [0.717, 1.165) is 23.6 Å². The number of hydrogen-bond donors (Lipinski definition) is 4. The lowest BCUT2D eigenvalue weighted by atomic mass is 9.90. The minimum Gasteiger partial charge on any atom is -0.475 e. The predicted octanol–water partition coefficient (Wildman–Crippen LogP) is 4.99. The highest BCUT2D eigenvalue weighted by atomic mass is 35.5. The number of carboxylic acid groups (broad SMARTS) is 1. The fourth-order valence-corrected chi connectivity index (χ4v) is 4.54. The van der Waals surface area contributed by atoms with Crippen LogP contribution in [-0.2, 0) is 16.1 Å². The summed E-state index contributed by atoms with van der Waals surface area (Å²) in [5.74, 6) is -2.57. The SMILES string of the molecule is O=C(NCC(c1ccccc1)c1ccccc1)[C@@H]1CNC[C@H](NCc2ccccc2Cl)C1.O=C(O)C(F)(F)F. The molecule has 0 saturated carbocycles. The number of halogens is 4. The van der Waals surface area contributed by atoms with Crippen LogP contribution in [-0.4, -0.2) is 48.8 Å². The second kappa shape index (κ2) is 14.7. The van der Waals surface area contributed by atoms with E-state index in [-0.39, 0.29) is 23.8 Å². The third-order valence-corrected chi connectivity index (χ3v) is 6.76. The minimum atomic E-state index is -5.08. The lowest BCUT2D eigenvalue weighted by molar-refractivity contribution is -0.192. The molecule has 1 aliphatic rings. The summed E-state index contributed by atoms with van der Waals surface area (Å²) in [6, 6.07) is 28.8. The van der Waals surface area contributed by atoms with E-state index < -0.39 is 12.1 Å². The zero-order valence-corrected chi connectivity index (χ0v) is 21.9. The van der Waals surface area contributed by atoms with Crippen molar-refractivity contribution < 1.29 is 27.9 Å². The second-order valence-electron chi connectivity index (χ2n) is 9.18. The van der Waals surface area contributed by atoms with Crippen LogP contribution in [0.2, 0.25) is 5.02 Å². The van der Waals surface area contributed by atoms with E-state index in [2.05, 4.69) is 40.2 Å². The first-order valence-corrected chi connectivity index (χ1v) is 12.9. The molecule has 1 aliphatic heterocycles. The smallest absolute Gasteiger partial charge is 0.475 e. The molecule has 208 valence electrons. The van der Waals surface area contributed by atoms with Gasteiger partial charge in [-0.25, -0.2) is 4.79 Å². The van der Waals surface area contributed by atoms with Gasteiger partial charge in [0.1, 0.15) is 0 Å². The quantitative estimate of drug-likeness (QED) is 0.311. The molecule has 4 N–H and O–H groups in total. The van der Waals surface area contributed by atoms with Gasteiger partial charge in [-0.1, -0.05) is 90.5 Å². The molecule has 3 aromatic carbocycles. The summed E-state index contributed by atoms with van der Waals surface area (Å²) in [5.41, 5.74) is 3.49. The Bertz CT molecular complexity index is 1160. The molecule has 0 unspecified atom stereocenters. The molecule has 1 saturated heterocycles. The standard InChI is InChI=1S/C27H30ClN3O.C2HF3O2/c28-26-14-8-7-13-22(26)17-30-24-15-23(16-29-18-24)27(32)31-19-25(20-9-3-1-4-10-20)21-11-5-2-6-12-21;3-2(4,5)1(6)7/h1-14,23-25,29-30H,15-19H2,(H,31,32);(H,6,7)/t23-,24+;/m0./s1. The predicted molar refractivity (Wildman–Crippen MR) is 144 cm³/mol. The fraction of sp³-hybridized carbons (Fsp3) is 0.310. The number of carboxylic acids is 1. The van der Waals surface area contributed by atoms with Gasteiger partial charge in [0.15, 0.2) is 0 Å². The maximum Gasteiger partial charge on any atom is 0.490 e. The average Bonchev–Trinajstić information content (AvgIpc) is 2.94. The van der Waals surface area contributed by atoms with Crippen molar-refractivity contribution >= 4 is 23.5 Å². The Balaban J connectivity index is 0.000000532. The van der Waals surface area contributed by atoms with E-state index in [1.54, 1.807) is 0 Å². The number of amides is 1. The van der Waals surface area contributed by atoms with Gasteiger partial charge in [-0.2, -0.15) is 13.2 Å². The molecular formula is C29H31ClF3N3O3. The Morgan fingerprint density at radius 3 is 2.00 bits per heavy atom. The minimum absolute atomic E-state index is 0.0558. The number of carbonyl (C=O) groups excluding carboxylic acids is 1. The molecule has 0 spiro atoms. The van der Waals surface area contributed by atoms with Crippen molar-refractivity contribution in [2.45, 2.75) is 31.1 Å². The normalized spacial score (nSPS) is 17.2. The number of rotatable bonds is 8. The third kappa shape index (κ3) is 9.69. The number of benzene rings is 3. The molecule has 0 aliphatic carbocycles. The van der Waals surface area contributed by atoms with E-state index in [1.165, 1.54) is 11.1 Å². The van der Waals surface area contributed by atoms with Crippen LogP contribution >= 0.6 is 11.6 Å². The van der Waals surface area contributed by atoms with Gasteiger partial charge in [-0.3, -0.25) is 4.79 Å². The summed E-state index contributed by atoms with van der Waals surface area (Å²) in [6.45, 7) is 2.84. The lowest BCUT2D eigenvalue weighted by Gasteiger charge is -2.30. The summed E-state index contributed by atoms with van der Waals surface area (Å²) in [4.78, 5) is 21.9. The summed E-state index contributed by atoms with van der Waals surface area (Å²) in [5, 5.41) is 18.1. The van der Waals surface area contributed by atoms with E-state index in [0.29, 0.717) is 19.6 Å². The van der Waals surface area contributed by atoms with Crippen molar-refractivity contribution in [1.29, 1.82) is 0 Å². The molecule has 1 amide bonds. The largest absolute Gasteiger partial charge is 0.490 e. The van der Waals surface area contributed by atoms with Crippen LogP contribution in [0.1, 0.15) is 29.0 Å².